The molecule has 25 heavy (non-hydrogen) atoms. The van der Waals surface area contributed by atoms with Gasteiger partial charge in [-0.2, -0.15) is 4.72 Å². The van der Waals surface area contributed by atoms with E-state index >= 15 is 0 Å². The highest BCUT2D eigenvalue weighted by Crippen LogP contribution is 2.18. The van der Waals surface area contributed by atoms with E-state index in [1.807, 2.05) is 13.8 Å². The largest absolute Gasteiger partial charge is 0.480 e. The third-order valence-corrected chi connectivity index (χ3v) is 5.26. The van der Waals surface area contributed by atoms with Crippen LogP contribution in [0.15, 0.2) is 28.1 Å². The lowest BCUT2D eigenvalue weighted by atomic mass is 10.0. The molecule has 0 aromatic heterocycles. The van der Waals surface area contributed by atoms with E-state index in [9.17, 15) is 18.3 Å². The quantitative estimate of drug-likeness (QED) is 0.269. The summed E-state index contributed by atoms with van der Waals surface area (Å²) < 4.78 is 27.3. The number of nitrogens with zero attached hydrogens (tertiary/aromatic N) is 1. The molecule has 1 aromatic rings. The minimum absolute atomic E-state index is 0.0667. The fourth-order valence-electron chi connectivity index (χ4n) is 2.44. The average molecular weight is 370 g/mol. The van der Waals surface area contributed by atoms with Crippen LogP contribution in [-0.4, -0.2) is 38.0 Å². The van der Waals surface area contributed by atoms with Crippen molar-refractivity contribution < 1.29 is 18.3 Å². The SMILES string of the molecule is CCc1ccc(S(=O)(=O)NC(CCCN=C(N)N)C(=O)O)cc1CC. The zero-order chi connectivity index (χ0) is 19.0. The van der Waals surface area contributed by atoms with Gasteiger partial charge in [0.05, 0.1) is 4.90 Å². The molecule has 1 atom stereocenters. The van der Waals surface area contributed by atoms with Crippen LogP contribution >= 0.6 is 0 Å². The van der Waals surface area contributed by atoms with Crippen molar-refractivity contribution in [1.29, 1.82) is 0 Å². The summed E-state index contributed by atoms with van der Waals surface area (Å²) in [5.74, 6) is -1.33. The van der Waals surface area contributed by atoms with Crippen molar-refractivity contribution in [3.8, 4) is 0 Å². The number of hydrogen-bond donors (Lipinski definition) is 4. The number of carboxylic acids is 1. The Bertz CT molecular complexity index is 728. The van der Waals surface area contributed by atoms with E-state index in [0.29, 0.717) is 12.8 Å². The molecule has 0 radical (unpaired) electrons. The summed E-state index contributed by atoms with van der Waals surface area (Å²) in [6.07, 6.45) is 1.93. The Morgan fingerprint density at radius 3 is 2.40 bits per heavy atom. The number of nitrogens with two attached hydrogens (primary N) is 2. The first-order valence-corrected chi connectivity index (χ1v) is 9.61. The zero-order valence-electron chi connectivity index (χ0n) is 14.5. The molecule has 0 heterocycles. The number of carboxylic acid groups (broad SMARTS) is 1. The van der Waals surface area contributed by atoms with E-state index in [1.165, 1.54) is 6.07 Å². The lowest BCUT2D eigenvalue weighted by Gasteiger charge is -2.15. The summed E-state index contributed by atoms with van der Waals surface area (Å²) in [4.78, 5) is 15.2. The number of rotatable bonds is 10. The number of aliphatic carboxylic acids is 1. The van der Waals surface area contributed by atoms with Gasteiger partial charge in [-0.1, -0.05) is 19.9 Å². The van der Waals surface area contributed by atoms with Crippen molar-refractivity contribution in [3.63, 3.8) is 0 Å². The molecule has 0 fully saturated rings. The lowest BCUT2D eigenvalue weighted by Crippen LogP contribution is -2.40. The fraction of sp³-hybridized carbons (Fsp3) is 0.500. The fourth-order valence-corrected chi connectivity index (χ4v) is 3.71. The lowest BCUT2D eigenvalue weighted by molar-refractivity contribution is -0.139. The Morgan fingerprint density at radius 1 is 1.24 bits per heavy atom. The Kier molecular flexibility index (Phi) is 7.85. The molecule has 0 bridgehead atoms. The molecule has 1 unspecified atom stereocenters. The third kappa shape index (κ3) is 6.35. The normalized spacial score (nSPS) is 12.6. The molecular formula is C16H26N4O4S. The smallest absolute Gasteiger partial charge is 0.321 e. The second-order valence-corrected chi connectivity index (χ2v) is 7.31. The second-order valence-electron chi connectivity index (χ2n) is 5.60. The summed E-state index contributed by atoms with van der Waals surface area (Å²) >= 11 is 0. The third-order valence-electron chi connectivity index (χ3n) is 3.79. The maximum Gasteiger partial charge on any atom is 0.321 e. The van der Waals surface area contributed by atoms with Crippen molar-refractivity contribution in [2.75, 3.05) is 6.54 Å². The Hall–Kier alpha value is -2.13. The van der Waals surface area contributed by atoms with E-state index in [4.69, 9.17) is 11.5 Å². The van der Waals surface area contributed by atoms with E-state index < -0.39 is 22.0 Å². The molecule has 0 amide bonds. The number of aryl methyl sites for hydroxylation is 2. The highest BCUT2D eigenvalue weighted by atomic mass is 32.2. The molecule has 140 valence electrons. The molecule has 1 rings (SSSR count). The number of carbonyl (C=O) groups is 1. The summed E-state index contributed by atoms with van der Waals surface area (Å²) in [7, 11) is -3.93. The molecule has 9 heteroatoms. The van der Waals surface area contributed by atoms with Crippen molar-refractivity contribution in [3.05, 3.63) is 29.3 Å². The highest BCUT2D eigenvalue weighted by molar-refractivity contribution is 7.89. The van der Waals surface area contributed by atoms with Crippen LogP contribution in [0.25, 0.3) is 0 Å². The molecule has 8 nitrogen and oxygen atoms in total. The van der Waals surface area contributed by atoms with Crippen LogP contribution in [0, 0.1) is 0 Å². The van der Waals surface area contributed by atoms with Crippen LogP contribution in [0.1, 0.15) is 37.8 Å². The number of aliphatic imine (C=N–C) groups is 1. The van der Waals surface area contributed by atoms with Gasteiger partial charge in [-0.25, -0.2) is 8.42 Å². The van der Waals surface area contributed by atoms with Gasteiger partial charge >= 0.3 is 5.97 Å². The van der Waals surface area contributed by atoms with E-state index in [1.54, 1.807) is 12.1 Å². The predicted octanol–water partition coefficient (Wildman–Crippen LogP) is 0.597. The van der Waals surface area contributed by atoms with E-state index in [0.717, 1.165) is 17.5 Å². The van der Waals surface area contributed by atoms with Gasteiger partial charge in [0.2, 0.25) is 10.0 Å². The molecule has 6 N–H and O–H groups in total. The Balaban J connectivity index is 2.92. The van der Waals surface area contributed by atoms with Crippen molar-refractivity contribution in [2.24, 2.45) is 16.5 Å². The van der Waals surface area contributed by atoms with Crippen molar-refractivity contribution in [1.82, 2.24) is 4.72 Å². The Labute approximate surface area is 148 Å². The Morgan fingerprint density at radius 2 is 1.88 bits per heavy atom. The van der Waals surface area contributed by atoms with Crippen LogP contribution in [0.5, 0.6) is 0 Å². The van der Waals surface area contributed by atoms with Crippen molar-refractivity contribution in [2.45, 2.75) is 50.5 Å². The number of benzene rings is 1. The maximum atomic E-state index is 12.5. The topological polar surface area (TPSA) is 148 Å². The molecule has 0 aliphatic carbocycles. The van der Waals surface area contributed by atoms with Gasteiger partial charge in [0, 0.05) is 6.54 Å². The van der Waals surface area contributed by atoms with Gasteiger partial charge in [-0.15, -0.1) is 0 Å². The van der Waals surface area contributed by atoms with Crippen LogP contribution in [0.2, 0.25) is 0 Å². The summed E-state index contributed by atoms with van der Waals surface area (Å²) in [5.41, 5.74) is 12.4. The van der Waals surface area contributed by atoms with Crippen LogP contribution in [-0.2, 0) is 27.7 Å². The minimum atomic E-state index is -3.93. The molecular weight excluding hydrogens is 344 g/mol. The summed E-state index contributed by atoms with van der Waals surface area (Å²) in [6, 6.07) is 3.62. The standard InChI is InChI=1S/C16H26N4O4S/c1-3-11-7-8-13(10-12(11)4-2)25(23,24)20-14(15(21)22)6-5-9-19-16(17)18/h7-8,10,14,20H,3-6,9H2,1-2H3,(H,21,22)(H4,17,18,19). The van der Waals surface area contributed by atoms with Gasteiger partial charge in [-0.05, 0) is 48.9 Å². The van der Waals surface area contributed by atoms with Gasteiger partial charge in [0.25, 0.3) is 0 Å². The number of hydrogen-bond acceptors (Lipinski definition) is 4. The average Bonchev–Trinajstić information content (AvgIpc) is 2.56. The maximum absolute atomic E-state index is 12.5. The molecule has 1 aromatic carbocycles. The molecule has 0 aliphatic heterocycles. The first kappa shape index (κ1) is 20.9. The molecule has 0 spiro atoms. The summed E-state index contributed by atoms with van der Waals surface area (Å²) in [6.45, 7) is 4.18. The van der Waals surface area contributed by atoms with Crippen LogP contribution < -0.4 is 16.2 Å². The monoisotopic (exact) mass is 370 g/mol. The number of guanidine groups is 1. The zero-order valence-corrected chi connectivity index (χ0v) is 15.3. The van der Waals surface area contributed by atoms with Gasteiger partial charge in [-0.3, -0.25) is 9.79 Å². The first-order valence-electron chi connectivity index (χ1n) is 8.13. The molecule has 0 saturated heterocycles. The first-order chi connectivity index (χ1) is 11.7. The van der Waals surface area contributed by atoms with Gasteiger partial charge < -0.3 is 16.6 Å². The van der Waals surface area contributed by atoms with Crippen molar-refractivity contribution >= 4 is 22.0 Å². The van der Waals surface area contributed by atoms with E-state index in [-0.39, 0.29) is 23.8 Å². The number of sulfonamides is 1. The number of nitrogens with one attached hydrogen (secondary N) is 1. The van der Waals surface area contributed by atoms with Gasteiger partial charge in [0.15, 0.2) is 5.96 Å². The van der Waals surface area contributed by atoms with Crippen LogP contribution in [0.4, 0.5) is 0 Å². The van der Waals surface area contributed by atoms with Crippen LogP contribution in [0.3, 0.4) is 0 Å². The molecule has 0 aliphatic rings. The highest BCUT2D eigenvalue weighted by Gasteiger charge is 2.25. The predicted molar refractivity (Wildman–Crippen MR) is 96.9 cm³/mol. The molecule has 0 saturated carbocycles. The summed E-state index contributed by atoms with van der Waals surface area (Å²) in [5, 5.41) is 9.26. The van der Waals surface area contributed by atoms with E-state index in [2.05, 4.69) is 9.71 Å². The minimum Gasteiger partial charge on any atom is -0.480 e. The second kappa shape index (κ2) is 9.38. The van der Waals surface area contributed by atoms with Gasteiger partial charge in [0.1, 0.15) is 6.04 Å².